The molecule has 0 fully saturated rings. The van der Waals surface area contributed by atoms with Gasteiger partial charge in [0.15, 0.2) is 0 Å². The van der Waals surface area contributed by atoms with Gasteiger partial charge in [0.1, 0.15) is 12.3 Å². The van der Waals surface area contributed by atoms with Gasteiger partial charge in [-0.05, 0) is 12.1 Å². The number of para-hydroxylation sites is 1. The molecule has 0 bridgehead atoms. The van der Waals surface area contributed by atoms with Crippen molar-refractivity contribution in [1.82, 2.24) is 4.90 Å². The fourth-order valence-electron chi connectivity index (χ4n) is 1.16. The van der Waals surface area contributed by atoms with Crippen molar-refractivity contribution in [3.05, 3.63) is 30.3 Å². The minimum absolute atomic E-state index is 0.0857. The topological polar surface area (TPSA) is 53.3 Å². The first kappa shape index (κ1) is 12.1. The Balaban J connectivity index is 2.26. The number of carbonyl (C=O) groups excluding carboxylic acids is 1. The zero-order valence-electron chi connectivity index (χ0n) is 9.22. The lowest BCUT2D eigenvalue weighted by molar-refractivity contribution is -0.129. The van der Waals surface area contributed by atoms with Crippen LogP contribution >= 0.6 is 0 Å². The Bertz CT molecular complexity index is 370. The maximum Gasteiger partial charge on any atom is 0.226 e. The van der Waals surface area contributed by atoms with Gasteiger partial charge in [-0.2, -0.15) is 5.26 Å². The van der Waals surface area contributed by atoms with Crippen molar-refractivity contribution in [2.75, 3.05) is 20.2 Å². The van der Waals surface area contributed by atoms with Gasteiger partial charge in [0.05, 0.1) is 19.1 Å². The lowest BCUT2D eigenvalue weighted by Crippen LogP contribution is -2.28. The molecule has 1 amide bonds. The van der Waals surface area contributed by atoms with Crippen LogP contribution in [0, 0.1) is 11.3 Å². The Hall–Kier alpha value is -2.02. The second-order valence-corrected chi connectivity index (χ2v) is 3.32. The predicted molar refractivity (Wildman–Crippen MR) is 59.8 cm³/mol. The van der Waals surface area contributed by atoms with E-state index in [2.05, 4.69) is 0 Å². The zero-order valence-corrected chi connectivity index (χ0v) is 9.22. The first-order chi connectivity index (χ1) is 7.74. The number of nitrogens with zero attached hydrogens (tertiary/aromatic N) is 2. The molecule has 0 saturated carbocycles. The third-order valence-electron chi connectivity index (χ3n) is 2.06. The zero-order chi connectivity index (χ0) is 11.8. The van der Waals surface area contributed by atoms with Gasteiger partial charge in [0.25, 0.3) is 0 Å². The van der Waals surface area contributed by atoms with Crippen LogP contribution in [0.15, 0.2) is 30.3 Å². The van der Waals surface area contributed by atoms with Crippen LogP contribution in [0.2, 0.25) is 0 Å². The van der Waals surface area contributed by atoms with Crippen molar-refractivity contribution >= 4 is 5.91 Å². The first-order valence-corrected chi connectivity index (χ1v) is 5.03. The molecule has 1 aromatic carbocycles. The molecule has 0 heterocycles. The van der Waals surface area contributed by atoms with Crippen LogP contribution in [0.5, 0.6) is 5.75 Å². The SMILES string of the molecule is CN(CC#N)C(=O)CCOc1ccccc1. The molecule has 0 aliphatic heterocycles. The van der Waals surface area contributed by atoms with E-state index in [4.69, 9.17) is 10.00 Å². The van der Waals surface area contributed by atoms with Gasteiger partial charge >= 0.3 is 0 Å². The summed E-state index contributed by atoms with van der Waals surface area (Å²) in [7, 11) is 1.61. The molecular weight excluding hydrogens is 204 g/mol. The van der Waals surface area contributed by atoms with E-state index < -0.39 is 0 Å². The summed E-state index contributed by atoms with van der Waals surface area (Å²) >= 11 is 0. The molecular formula is C12H14N2O2. The van der Waals surface area contributed by atoms with E-state index in [9.17, 15) is 4.79 Å². The second-order valence-electron chi connectivity index (χ2n) is 3.32. The molecule has 16 heavy (non-hydrogen) atoms. The Morgan fingerprint density at radius 3 is 2.75 bits per heavy atom. The minimum atomic E-state index is -0.0857. The van der Waals surface area contributed by atoms with E-state index in [-0.39, 0.29) is 18.9 Å². The Kier molecular flexibility index (Phi) is 4.87. The van der Waals surface area contributed by atoms with E-state index in [0.29, 0.717) is 6.61 Å². The molecule has 0 aliphatic carbocycles. The normalized spacial score (nSPS) is 9.25. The largest absolute Gasteiger partial charge is 0.493 e. The van der Waals surface area contributed by atoms with Crippen molar-refractivity contribution in [2.45, 2.75) is 6.42 Å². The molecule has 84 valence electrons. The van der Waals surface area contributed by atoms with E-state index >= 15 is 0 Å². The molecule has 4 heteroatoms. The molecule has 0 radical (unpaired) electrons. The van der Waals surface area contributed by atoms with Gasteiger partial charge in [-0.25, -0.2) is 0 Å². The first-order valence-electron chi connectivity index (χ1n) is 5.03. The number of ether oxygens (including phenoxy) is 1. The molecule has 1 rings (SSSR count). The molecule has 0 unspecified atom stereocenters. The molecule has 0 aliphatic rings. The van der Waals surface area contributed by atoms with Crippen LogP contribution in [-0.4, -0.2) is 31.0 Å². The highest BCUT2D eigenvalue weighted by Crippen LogP contribution is 2.08. The second kappa shape index (κ2) is 6.46. The Morgan fingerprint density at radius 1 is 1.44 bits per heavy atom. The van der Waals surface area contributed by atoms with E-state index in [1.807, 2.05) is 36.4 Å². The van der Waals surface area contributed by atoms with Crippen molar-refractivity contribution in [2.24, 2.45) is 0 Å². The van der Waals surface area contributed by atoms with E-state index in [1.165, 1.54) is 4.90 Å². The summed E-state index contributed by atoms with van der Waals surface area (Å²) in [5.74, 6) is 0.663. The average Bonchev–Trinajstić information content (AvgIpc) is 2.30. The number of benzene rings is 1. The van der Waals surface area contributed by atoms with Crippen LogP contribution in [0.3, 0.4) is 0 Å². The maximum absolute atomic E-state index is 11.4. The molecule has 1 aromatic rings. The summed E-state index contributed by atoms with van der Waals surface area (Å²) in [6, 6.07) is 11.2. The minimum Gasteiger partial charge on any atom is -0.493 e. The summed E-state index contributed by atoms with van der Waals surface area (Å²) < 4.78 is 5.37. The quantitative estimate of drug-likeness (QED) is 0.703. The number of hydrogen-bond donors (Lipinski definition) is 0. The molecule has 0 spiro atoms. The van der Waals surface area contributed by atoms with E-state index in [0.717, 1.165) is 5.75 Å². The van der Waals surface area contributed by atoms with Gasteiger partial charge < -0.3 is 9.64 Å². The number of nitriles is 1. The summed E-state index contributed by atoms with van der Waals surface area (Å²) in [6.07, 6.45) is 0.285. The van der Waals surface area contributed by atoms with Crippen LogP contribution in [0.25, 0.3) is 0 Å². The fourth-order valence-corrected chi connectivity index (χ4v) is 1.16. The lowest BCUT2D eigenvalue weighted by Gasteiger charge is -2.13. The fraction of sp³-hybridized carbons (Fsp3) is 0.333. The standard InChI is InChI=1S/C12H14N2O2/c1-14(9-8-13)12(15)7-10-16-11-5-3-2-4-6-11/h2-6H,7,9-10H2,1H3. The van der Waals surface area contributed by atoms with Gasteiger partial charge in [0, 0.05) is 7.05 Å². The summed E-state index contributed by atoms with van der Waals surface area (Å²) in [6.45, 7) is 0.447. The van der Waals surface area contributed by atoms with Crippen LogP contribution in [0.1, 0.15) is 6.42 Å². The van der Waals surface area contributed by atoms with Gasteiger partial charge in [-0.15, -0.1) is 0 Å². The summed E-state index contributed by atoms with van der Waals surface area (Å²) in [4.78, 5) is 12.8. The molecule has 0 N–H and O–H groups in total. The molecule has 4 nitrogen and oxygen atoms in total. The van der Waals surface area contributed by atoms with Crippen molar-refractivity contribution in [1.29, 1.82) is 5.26 Å². The molecule has 0 saturated heterocycles. The van der Waals surface area contributed by atoms with Crippen LogP contribution in [-0.2, 0) is 4.79 Å². The Morgan fingerprint density at radius 2 is 2.12 bits per heavy atom. The lowest BCUT2D eigenvalue weighted by atomic mass is 10.3. The average molecular weight is 218 g/mol. The number of hydrogen-bond acceptors (Lipinski definition) is 3. The van der Waals surface area contributed by atoms with Crippen molar-refractivity contribution < 1.29 is 9.53 Å². The number of rotatable bonds is 5. The smallest absolute Gasteiger partial charge is 0.226 e. The highest BCUT2D eigenvalue weighted by atomic mass is 16.5. The predicted octanol–water partition coefficient (Wildman–Crippen LogP) is 1.44. The molecule has 0 aromatic heterocycles. The summed E-state index contributed by atoms with van der Waals surface area (Å²) in [5.41, 5.74) is 0. The maximum atomic E-state index is 11.4. The third-order valence-corrected chi connectivity index (χ3v) is 2.06. The van der Waals surface area contributed by atoms with E-state index in [1.54, 1.807) is 7.05 Å². The highest BCUT2D eigenvalue weighted by molar-refractivity contribution is 5.76. The number of carbonyl (C=O) groups is 1. The van der Waals surface area contributed by atoms with Gasteiger partial charge in [0.2, 0.25) is 5.91 Å². The van der Waals surface area contributed by atoms with Crippen molar-refractivity contribution in [3.63, 3.8) is 0 Å². The Labute approximate surface area is 95.0 Å². The monoisotopic (exact) mass is 218 g/mol. The number of amides is 1. The van der Waals surface area contributed by atoms with Crippen LogP contribution in [0.4, 0.5) is 0 Å². The summed E-state index contributed by atoms with van der Waals surface area (Å²) in [5, 5.41) is 8.41. The van der Waals surface area contributed by atoms with Gasteiger partial charge in [-0.3, -0.25) is 4.79 Å². The van der Waals surface area contributed by atoms with Crippen LogP contribution < -0.4 is 4.74 Å². The van der Waals surface area contributed by atoms with Gasteiger partial charge in [-0.1, -0.05) is 18.2 Å². The van der Waals surface area contributed by atoms with Crippen molar-refractivity contribution in [3.8, 4) is 11.8 Å². The third kappa shape index (κ3) is 4.01. The highest BCUT2D eigenvalue weighted by Gasteiger charge is 2.07. The molecule has 0 atom stereocenters.